The standard InChI is InChI=1S/C13H15F3N2O2/c1-12(11(19)20)5-7-18(8-6-12)10-4-2-3-9(17-10)13(14,15)16/h2-4H,5-8H2,1H3,(H,19,20). The third kappa shape index (κ3) is 2.86. The molecule has 2 rings (SSSR count). The Balaban J connectivity index is 2.13. The van der Waals surface area contributed by atoms with Gasteiger partial charge in [0.2, 0.25) is 0 Å². The van der Waals surface area contributed by atoms with E-state index in [0.717, 1.165) is 6.07 Å². The molecule has 0 aliphatic carbocycles. The Hall–Kier alpha value is -1.79. The molecule has 20 heavy (non-hydrogen) atoms. The van der Waals surface area contributed by atoms with Crippen molar-refractivity contribution < 1.29 is 23.1 Å². The summed E-state index contributed by atoms with van der Waals surface area (Å²) in [4.78, 5) is 16.4. The van der Waals surface area contributed by atoms with Crippen molar-refractivity contribution in [1.29, 1.82) is 0 Å². The highest BCUT2D eigenvalue weighted by Gasteiger charge is 2.38. The van der Waals surface area contributed by atoms with Crippen LogP contribution in [0.3, 0.4) is 0 Å². The number of hydrogen-bond donors (Lipinski definition) is 1. The number of hydrogen-bond acceptors (Lipinski definition) is 3. The summed E-state index contributed by atoms with van der Waals surface area (Å²) in [5.74, 6) is -0.624. The molecule has 4 nitrogen and oxygen atoms in total. The average Bonchev–Trinajstić information content (AvgIpc) is 2.38. The second-order valence-corrected chi connectivity index (χ2v) is 5.23. The van der Waals surface area contributed by atoms with E-state index in [4.69, 9.17) is 5.11 Å². The largest absolute Gasteiger partial charge is 0.481 e. The summed E-state index contributed by atoms with van der Waals surface area (Å²) in [6.45, 7) is 2.43. The zero-order valence-electron chi connectivity index (χ0n) is 10.9. The summed E-state index contributed by atoms with van der Waals surface area (Å²) in [7, 11) is 0. The van der Waals surface area contributed by atoms with Crippen molar-refractivity contribution in [2.45, 2.75) is 25.9 Å². The molecule has 0 amide bonds. The highest BCUT2D eigenvalue weighted by atomic mass is 19.4. The summed E-state index contributed by atoms with van der Waals surface area (Å²) in [5.41, 5.74) is -1.74. The predicted molar refractivity (Wildman–Crippen MR) is 66.4 cm³/mol. The van der Waals surface area contributed by atoms with Crippen LogP contribution in [0.1, 0.15) is 25.5 Å². The predicted octanol–water partition coefficient (Wildman–Crippen LogP) is 2.79. The first-order chi connectivity index (χ1) is 9.22. The van der Waals surface area contributed by atoms with Gasteiger partial charge in [-0.25, -0.2) is 4.98 Å². The van der Waals surface area contributed by atoms with Gasteiger partial charge >= 0.3 is 12.1 Å². The van der Waals surface area contributed by atoms with E-state index in [1.54, 1.807) is 11.8 Å². The third-order valence-electron chi connectivity index (χ3n) is 3.73. The molecule has 1 aliphatic heterocycles. The number of carboxylic acid groups (broad SMARTS) is 1. The zero-order valence-corrected chi connectivity index (χ0v) is 10.9. The molecule has 2 heterocycles. The van der Waals surface area contributed by atoms with Crippen molar-refractivity contribution in [3.63, 3.8) is 0 Å². The summed E-state index contributed by atoms with van der Waals surface area (Å²) < 4.78 is 37.8. The lowest BCUT2D eigenvalue weighted by Gasteiger charge is -2.37. The molecule has 0 radical (unpaired) electrons. The molecule has 1 aromatic heterocycles. The van der Waals surface area contributed by atoms with Crippen molar-refractivity contribution in [2.24, 2.45) is 5.41 Å². The Morgan fingerprint density at radius 3 is 2.45 bits per heavy atom. The van der Waals surface area contributed by atoms with Crippen molar-refractivity contribution in [3.8, 4) is 0 Å². The van der Waals surface area contributed by atoms with Crippen LogP contribution in [0.25, 0.3) is 0 Å². The Kier molecular flexibility index (Phi) is 3.62. The minimum Gasteiger partial charge on any atom is -0.481 e. The van der Waals surface area contributed by atoms with Gasteiger partial charge in [0.25, 0.3) is 0 Å². The lowest BCUT2D eigenvalue weighted by molar-refractivity contribution is -0.149. The van der Waals surface area contributed by atoms with Crippen LogP contribution in [-0.2, 0) is 11.0 Å². The summed E-state index contributed by atoms with van der Waals surface area (Å²) >= 11 is 0. The van der Waals surface area contributed by atoms with Gasteiger partial charge in [0, 0.05) is 13.1 Å². The number of anilines is 1. The van der Waals surface area contributed by atoms with Crippen LogP contribution in [0.5, 0.6) is 0 Å². The molecule has 0 aromatic carbocycles. The minimum atomic E-state index is -4.47. The summed E-state index contributed by atoms with van der Waals surface area (Å²) in [6, 6.07) is 3.75. The SMILES string of the molecule is CC1(C(=O)O)CCN(c2cccc(C(F)(F)F)n2)CC1. The van der Waals surface area contributed by atoms with Crippen LogP contribution in [0.15, 0.2) is 18.2 Å². The molecule has 1 aliphatic rings. The van der Waals surface area contributed by atoms with Crippen LogP contribution in [0.2, 0.25) is 0 Å². The topological polar surface area (TPSA) is 53.4 Å². The van der Waals surface area contributed by atoms with Gasteiger partial charge in [0.1, 0.15) is 11.5 Å². The van der Waals surface area contributed by atoms with Crippen LogP contribution in [0, 0.1) is 5.41 Å². The molecule has 1 fully saturated rings. The first-order valence-electron chi connectivity index (χ1n) is 6.25. The number of halogens is 3. The van der Waals surface area contributed by atoms with E-state index in [9.17, 15) is 18.0 Å². The number of aliphatic carboxylic acids is 1. The maximum Gasteiger partial charge on any atom is 0.433 e. The number of nitrogens with zero attached hydrogens (tertiary/aromatic N) is 2. The number of alkyl halides is 3. The van der Waals surface area contributed by atoms with Gasteiger partial charge in [-0.05, 0) is 31.9 Å². The quantitative estimate of drug-likeness (QED) is 0.909. The van der Waals surface area contributed by atoms with E-state index in [1.165, 1.54) is 12.1 Å². The van der Waals surface area contributed by atoms with Gasteiger partial charge < -0.3 is 10.0 Å². The second-order valence-electron chi connectivity index (χ2n) is 5.23. The molecule has 1 N–H and O–H groups in total. The van der Waals surface area contributed by atoms with Gasteiger partial charge in [-0.2, -0.15) is 13.2 Å². The maximum absolute atomic E-state index is 12.6. The van der Waals surface area contributed by atoms with E-state index < -0.39 is 23.3 Å². The fraction of sp³-hybridized carbons (Fsp3) is 0.538. The van der Waals surface area contributed by atoms with E-state index in [-0.39, 0.29) is 5.82 Å². The molecule has 0 spiro atoms. The number of piperidine rings is 1. The van der Waals surface area contributed by atoms with E-state index in [2.05, 4.69) is 4.98 Å². The van der Waals surface area contributed by atoms with Gasteiger partial charge in [0.05, 0.1) is 5.41 Å². The molecule has 0 saturated carbocycles. The van der Waals surface area contributed by atoms with E-state index >= 15 is 0 Å². The Morgan fingerprint density at radius 2 is 1.95 bits per heavy atom. The fourth-order valence-electron chi connectivity index (χ4n) is 2.20. The van der Waals surface area contributed by atoms with Crippen molar-refractivity contribution in [2.75, 3.05) is 18.0 Å². The highest BCUT2D eigenvalue weighted by molar-refractivity contribution is 5.74. The first kappa shape index (κ1) is 14.6. The monoisotopic (exact) mass is 288 g/mol. The molecule has 1 aromatic rings. The van der Waals surface area contributed by atoms with Crippen LogP contribution >= 0.6 is 0 Å². The Labute approximate surface area is 114 Å². The number of aromatic nitrogens is 1. The van der Waals surface area contributed by atoms with Gasteiger partial charge in [-0.15, -0.1) is 0 Å². The number of rotatable bonds is 2. The van der Waals surface area contributed by atoms with Gasteiger partial charge in [-0.1, -0.05) is 6.07 Å². The molecule has 0 unspecified atom stereocenters. The van der Waals surface area contributed by atoms with Gasteiger partial charge in [0.15, 0.2) is 0 Å². The second kappa shape index (κ2) is 4.96. The van der Waals surface area contributed by atoms with Gasteiger partial charge in [-0.3, -0.25) is 4.79 Å². The molecule has 7 heteroatoms. The summed E-state index contributed by atoms with van der Waals surface area (Å²) in [6.07, 6.45) is -3.69. The number of carbonyl (C=O) groups is 1. The molecular weight excluding hydrogens is 273 g/mol. The lowest BCUT2D eigenvalue weighted by atomic mass is 9.80. The normalized spacial score (nSPS) is 18.9. The number of carboxylic acids is 1. The van der Waals surface area contributed by atoms with E-state index in [1.807, 2.05) is 0 Å². The maximum atomic E-state index is 12.6. The Bertz CT molecular complexity index is 509. The van der Waals surface area contributed by atoms with Crippen molar-refractivity contribution in [1.82, 2.24) is 4.98 Å². The van der Waals surface area contributed by atoms with Crippen molar-refractivity contribution >= 4 is 11.8 Å². The molecule has 0 atom stereocenters. The fourth-order valence-corrected chi connectivity index (χ4v) is 2.20. The third-order valence-corrected chi connectivity index (χ3v) is 3.73. The Morgan fingerprint density at radius 1 is 1.35 bits per heavy atom. The summed E-state index contributed by atoms with van der Waals surface area (Å²) in [5, 5.41) is 9.12. The smallest absolute Gasteiger partial charge is 0.433 e. The van der Waals surface area contributed by atoms with Crippen LogP contribution in [-0.4, -0.2) is 29.1 Å². The van der Waals surface area contributed by atoms with Crippen molar-refractivity contribution in [3.05, 3.63) is 23.9 Å². The zero-order chi connectivity index (χ0) is 15.0. The molecule has 1 saturated heterocycles. The molecule has 0 bridgehead atoms. The van der Waals surface area contributed by atoms with E-state index in [0.29, 0.717) is 25.9 Å². The number of pyridine rings is 1. The minimum absolute atomic E-state index is 0.243. The lowest BCUT2D eigenvalue weighted by Crippen LogP contribution is -2.43. The first-order valence-corrected chi connectivity index (χ1v) is 6.25. The molecular formula is C13H15F3N2O2. The molecule has 110 valence electrons. The van der Waals surface area contributed by atoms with Crippen LogP contribution in [0.4, 0.5) is 19.0 Å². The highest BCUT2D eigenvalue weighted by Crippen LogP contribution is 2.34. The average molecular weight is 288 g/mol. The van der Waals surface area contributed by atoms with Crippen LogP contribution < -0.4 is 4.90 Å².